The average molecular weight is 282 g/mol. The summed E-state index contributed by atoms with van der Waals surface area (Å²) in [6, 6.07) is 12.6. The number of ether oxygens (including phenoxy) is 1. The predicted molar refractivity (Wildman–Crippen MR) is 88.2 cm³/mol. The van der Waals surface area contributed by atoms with Crippen molar-refractivity contribution in [1.82, 2.24) is 0 Å². The molecule has 0 N–H and O–H groups in total. The van der Waals surface area contributed by atoms with E-state index in [1.54, 1.807) is 0 Å². The molecular weight excluding hydrogens is 260 g/mol. The first-order valence-corrected chi connectivity index (χ1v) is 7.61. The van der Waals surface area contributed by atoms with Crippen molar-refractivity contribution in [2.24, 2.45) is 0 Å². The zero-order chi connectivity index (χ0) is 15.1. The summed E-state index contributed by atoms with van der Waals surface area (Å²) < 4.78 is 4.97. The van der Waals surface area contributed by atoms with Gasteiger partial charge in [-0.25, -0.2) is 4.79 Å². The highest BCUT2D eigenvalue weighted by molar-refractivity contribution is 5.95. The summed E-state index contributed by atoms with van der Waals surface area (Å²) in [5.41, 5.74) is 2.42. The van der Waals surface area contributed by atoms with Gasteiger partial charge in [-0.3, -0.25) is 0 Å². The van der Waals surface area contributed by atoms with Crippen LogP contribution in [0, 0.1) is 0 Å². The Bertz CT molecular complexity index is 641. The van der Waals surface area contributed by atoms with Crippen LogP contribution in [-0.2, 0) is 16.0 Å². The monoisotopic (exact) mass is 282 g/mol. The highest BCUT2D eigenvalue weighted by atomic mass is 16.5. The van der Waals surface area contributed by atoms with Crippen LogP contribution in [0.4, 0.5) is 0 Å². The van der Waals surface area contributed by atoms with Gasteiger partial charge in [0, 0.05) is 6.08 Å². The third kappa shape index (κ3) is 3.94. The van der Waals surface area contributed by atoms with E-state index in [-0.39, 0.29) is 5.97 Å². The number of hydrogen-bond donors (Lipinski definition) is 0. The molecule has 2 rings (SSSR count). The molecule has 0 saturated heterocycles. The van der Waals surface area contributed by atoms with Crippen LogP contribution in [0.25, 0.3) is 16.8 Å². The molecule has 0 radical (unpaired) electrons. The Morgan fingerprint density at radius 3 is 2.71 bits per heavy atom. The fourth-order valence-corrected chi connectivity index (χ4v) is 2.46. The van der Waals surface area contributed by atoms with Gasteiger partial charge in [0.15, 0.2) is 0 Å². The number of benzene rings is 2. The Labute approximate surface area is 126 Å². The average Bonchev–Trinajstić information content (AvgIpc) is 2.51. The summed E-state index contributed by atoms with van der Waals surface area (Å²) in [6.07, 6.45) is 6.77. The summed E-state index contributed by atoms with van der Waals surface area (Å²) >= 11 is 0. The lowest BCUT2D eigenvalue weighted by molar-refractivity contribution is -0.137. The van der Waals surface area contributed by atoms with Gasteiger partial charge in [-0.1, -0.05) is 49.7 Å². The number of hydrogen-bond acceptors (Lipinski definition) is 2. The summed E-state index contributed by atoms with van der Waals surface area (Å²) in [5.74, 6) is -0.285. The minimum Gasteiger partial charge on any atom is -0.463 e. The van der Waals surface area contributed by atoms with Gasteiger partial charge in [0.1, 0.15) is 0 Å². The zero-order valence-corrected chi connectivity index (χ0v) is 12.8. The van der Waals surface area contributed by atoms with Crippen LogP contribution in [0.5, 0.6) is 0 Å². The van der Waals surface area contributed by atoms with Crippen molar-refractivity contribution >= 4 is 22.8 Å². The van der Waals surface area contributed by atoms with E-state index in [9.17, 15) is 4.79 Å². The van der Waals surface area contributed by atoms with Gasteiger partial charge in [0.25, 0.3) is 0 Å². The van der Waals surface area contributed by atoms with Crippen LogP contribution in [0.2, 0.25) is 0 Å². The van der Waals surface area contributed by atoms with E-state index in [0.717, 1.165) is 24.8 Å². The number of rotatable bonds is 6. The van der Waals surface area contributed by atoms with Gasteiger partial charge >= 0.3 is 5.97 Å². The number of esters is 1. The van der Waals surface area contributed by atoms with Crippen molar-refractivity contribution in [1.29, 1.82) is 0 Å². The van der Waals surface area contributed by atoms with Crippen LogP contribution in [0.1, 0.15) is 37.8 Å². The molecule has 0 unspecified atom stereocenters. The molecule has 0 bridgehead atoms. The van der Waals surface area contributed by atoms with Crippen molar-refractivity contribution in [2.45, 2.75) is 33.1 Å². The quantitative estimate of drug-likeness (QED) is 0.564. The van der Waals surface area contributed by atoms with E-state index >= 15 is 0 Å². The first-order chi connectivity index (χ1) is 10.3. The lowest BCUT2D eigenvalue weighted by Gasteiger charge is -2.10. The van der Waals surface area contributed by atoms with Crippen LogP contribution in [-0.4, -0.2) is 12.6 Å². The van der Waals surface area contributed by atoms with E-state index in [2.05, 4.69) is 31.2 Å². The van der Waals surface area contributed by atoms with E-state index < -0.39 is 0 Å². The summed E-state index contributed by atoms with van der Waals surface area (Å²) in [7, 11) is 0. The second-order valence-corrected chi connectivity index (χ2v) is 5.05. The van der Waals surface area contributed by atoms with E-state index in [1.165, 1.54) is 22.4 Å². The zero-order valence-electron chi connectivity index (χ0n) is 12.8. The first kappa shape index (κ1) is 15.3. The standard InChI is InChI=1S/C19H22O2/c1-3-5-8-15-11-12-16-9-6-7-10-17(16)18(15)13-14-19(20)21-4-2/h6-7,9-14H,3-5,8H2,1-2H3/b14-13+. The molecule has 2 nitrogen and oxygen atoms in total. The van der Waals surface area contributed by atoms with Crippen LogP contribution in [0.15, 0.2) is 42.5 Å². The number of aryl methyl sites for hydroxylation is 1. The highest BCUT2D eigenvalue weighted by Crippen LogP contribution is 2.25. The normalized spacial score (nSPS) is 11.1. The van der Waals surface area contributed by atoms with Gasteiger partial charge in [-0.15, -0.1) is 0 Å². The number of unbranched alkanes of at least 4 members (excludes halogenated alkanes) is 1. The molecular formula is C19H22O2. The molecule has 0 fully saturated rings. The maximum atomic E-state index is 11.6. The van der Waals surface area contributed by atoms with Crippen LogP contribution in [0.3, 0.4) is 0 Å². The molecule has 2 aromatic carbocycles. The Hall–Kier alpha value is -2.09. The van der Waals surface area contributed by atoms with E-state index in [0.29, 0.717) is 6.61 Å². The summed E-state index contributed by atoms with van der Waals surface area (Å²) in [4.78, 5) is 11.6. The third-order valence-corrected chi connectivity index (χ3v) is 3.53. The second-order valence-electron chi connectivity index (χ2n) is 5.05. The highest BCUT2D eigenvalue weighted by Gasteiger charge is 2.05. The third-order valence-electron chi connectivity index (χ3n) is 3.53. The van der Waals surface area contributed by atoms with Crippen molar-refractivity contribution in [3.05, 3.63) is 53.6 Å². The fourth-order valence-electron chi connectivity index (χ4n) is 2.46. The van der Waals surface area contributed by atoms with Crippen molar-refractivity contribution in [3.8, 4) is 0 Å². The smallest absolute Gasteiger partial charge is 0.330 e. The maximum Gasteiger partial charge on any atom is 0.330 e. The molecule has 0 aliphatic rings. The molecule has 0 heterocycles. The molecule has 2 heteroatoms. The molecule has 110 valence electrons. The van der Waals surface area contributed by atoms with Crippen molar-refractivity contribution in [2.75, 3.05) is 6.61 Å². The molecule has 0 atom stereocenters. The summed E-state index contributed by atoms with van der Waals surface area (Å²) in [6.45, 7) is 4.41. The van der Waals surface area contributed by atoms with E-state index in [4.69, 9.17) is 4.74 Å². The van der Waals surface area contributed by atoms with Crippen molar-refractivity contribution in [3.63, 3.8) is 0 Å². The lowest BCUT2D eigenvalue weighted by atomic mass is 9.95. The second kappa shape index (κ2) is 7.63. The Balaban J connectivity index is 2.42. The Kier molecular flexibility index (Phi) is 5.56. The summed E-state index contributed by atoms with van der Waals surface area (Å²) in [5, 5.41) is 2.38. The predicted octanol–water partition coefficient (Wildman–Crippen LogP) is 4.76. The molecule has 0 saturated carbocycles. The fraction of sp³-hybridized carbons (Fsp3) is 0.316. The number of carbonyl (C=O) groups is 1. The van der Waals surface area contributed by atoms with E-state index in [1.807, 2.05) is 25.1 Å². The van der Waals surface area contributed by atoms with Gasteiger partial charge in [-0.2, -0.15) is 0 Å². The molecule has 0 aliphatic carbocycles. The van der Waals surface area contributed by atoms with Crippen molar-refractivity contribution < 1.29 is 9.53 Å². The molecule has 2 aromatic rings. The van der Waals surface area contributed by atoms with Crippen LogP contribution >= 0.6 is 0 Å². The Morgan fingerprint density at radius 2 is 1.95 bits per heavy atom. The topological polar surface area (TPSA) is 26.3 Å². The molecule has 0 spiro atoms. The minimum atomic E-state index is -0.285. The Morgan fingerprint density at radius 1 is 1.14 bits per heavy atom. The molecule has 0 amide bonds. The molecule has 21 heavy (non-hydrogen) atoms. The lowest BCUT2D eigenvalue weighted by Crippen LogP contribution is -1.99. The largest absolute Gasteiger partial charge is 0.463 e. The van der Waals surface area contributed by atoms with Crippen LogP contribution < -0.4 is 0 Å². The van der Waals surface area contributed by atoms with Gasteiger partial charge in [0.05, 0.1) is 6.61 Å². The first-order valence-electron chi connectivity index (χ1n) is 7.61. The van der Waals surface area contributed by atoms with Gasteiger partial charge in [0.2, 0.25) is 0 Å². The minimum absolute atomic E-state index is 0.285. The maximum absolute atomic E-state index is 11.6. The van der Waals surface area contributed by atoms with Gasteiger partial charge < -0.3 is 4.74 Å². The molecule has 0 aliphatic heterocycles. The number of carbonyl (C=O) groups excluding carboxylic acids is 1. The SMILES string of the molecule is CCCCc1ccc2ccccc2c1/C=C/C(=O)OCC. The number of fused-ring (bicyclic) bond motifs is 1. The van der Waals surface area contributed by atoms with Gasteiger partial charge in [-0.05, 0) is 47.7 Å². The molecule has 0 aromatic heterocycles.